The molecule has 29 heavy (non-hydrogen) atoms. The van der Waals surface area contributed by atoms with E-state index < -0.39 is 23.6 Å². The zero-order valence-electron chi connectivity index (χ0n) is 16.3. The van der Waals surface area contributed by atoms with Gasteiger partial charge in [0.05, 0.1) is 11.5 Å². The number of piperidine rings is 1. The van der Waals surface area contributed by atoms with Crippen LogP contribution in [0.4, 0.5) is 10.1 Å². The van der Waals surface area contributed by atoms with E-state index in [-0.39, 0.29) is 23.9 Å². The molecule has 2 atom stereocenters. The molecule has 1 saturated heterocycles. The second-order valence-electron chi connectivity index (χ2n) is 7.55. The van der Waals surface area contributed by atoms with Gasteiger partial charge in [-0.2, -0.15) is 0 Å². The monoisotopic (exact) mass is 398 g/mol. The average molecular weight is 398 g/mol. The maximum atomic E-state index is 13.9. The first-order chi connectivity index (χ1) is 13.8. The summed E-state index contributed by atoms with van der Waals surface area (Å²) in [7, 11) is 0. The Morgan fingerprint density at radius 2 is 1.86 bits per heavy atom. The third kappa shape index (κ3) is 4.62. The number of carbonyl (C=O) groups is 3. The Kier molecular flexibility index (Phi) is 5.96. The third-order valence-corrected chi connectivity index (χ3v) is 5.15. The standard InChI is InChI=1S/C22H23FN2O4/c1-13-9-16(22(28)29)12-25(11-13)21(27)15-8-7-14(2)19(10-15)24-20(26)17-5-3-4-6-18(17)23/h3-8,10,13,16H,9,11-12H2,1-2H3,(H,24,26)(H,28,29). The molecule has 0 bridgehead atoms. The topological polar surface area (TPSA) is 86.7 Å². The second kappa shape index (κ2) is 8.43. The summed E-state index contributed by atoms with van der Waals surface area (Å²) in [5.74, 6) is -2.93. The first-order valence-electron chi connectivity index (χ1n) is 9.45. The smallest absolute Gasteiger partial charge is 0.308 e. The number of hydrogen-bond acceptors (Lipinski definition) is 3. The van der Waals surface area contributed by atoms with Crippen LogP contribution in [0.25, 0.3) is 0 Å². The van der Waals surface area contributed by atoms with E-state index in [0.29, 0.717) is 24.2 Å². The van der Waals surface area contributed by atoms with Gasteiger partial charge in [0.1, 0.15) is 5.82 Å². The van der Waals surface area contributed by atoms with Crippen molar-refractivity contribution in [1.29, 1.82) is 0 Å². The van der Waals surface area contributed by atoms with Crippen molar-refractivity contribution in [1.82, 2.24) is 4.90 Å². The molecule has 2 aromatic rings. The Labute approximate surface area is 168 Å². The molecule has 0 saturated carbocycles. The first-order valence-corrected chi connectivity index (χ1v) is 9.45. The lowest BCUT2D eigenvalue weighted by Gasteiger charge is -2.34. The number of carboxylic acids is 1. The summed E-state index contributed by atoms with van der Waals surface area (Å²) in [5, 5.41) is 12.0. The van der Waals surface area contributed by atoms with Crippen molar-refractivity contribution >= 4 is 23.5 Å². The van der Waals surface area contributed by atoms with Gasteiger partial charge in [-0.15, -0.1) is 0 Å². The fourth-order valence-electron chi connectivity index (χ4n) is 3.60. The molecule has 3 rings (SSSR count). The molecule has 152 valence electrons. The van der Waals surface area contributed by atoms with Gasteiger partial charge in [0.25, 0.3) is 11.8 Å². The molecule has 0 aromatic heterocycles. The average Bonchev–Trinajstić information content (AvgIpc) is 2.68. The van der Waals surface area contributed by atoms with Gasteiger partial charge >= 0.3 is 5.97 Å². The molecule has 2 unspecified atom stereocenters. The minimum atomic E-state index is -0.906. The van der Waals surface area contributed by atoms with Crippen LogP contribution in [0.1, 0.15) is 39.6 Å². The Morgan fingerprint density at radius 1 is 1.14 bits per heavy atom. The minimum absolute atomic E-state index is 0.0828. The highest BCUT2D eigenvalue weighted by Crippen LogP contribution is 2.25. The van der Waals surface area contributed by atoms with Crippen molar-refractivity contribution < 1.29 is 23.9 Å². The molecule has 0 spiro atoms. The molecule has 2 aromatic carbocycles. The number of aliphatic carboxylic acids is 1. The van der Waals surface area contributed by atoms with Crippen molar-refractivity contribution in [2.75, 3.05) is 18.4 Å². The number of likely N-dealkylation sites (tertiary alicyclic amines) is 1. The van der Waals surface area contributed by atoms with Crippen LogP contribution in [-0.4, -0.2) is 40.9 Å². The van der Waals surface area contributed by atoms with E-state index in [0.717, 1.165) is 5.56 Å². The first kappa shape index (κ1) is 20.5. The van der Waals surface area contributed by atoms with Crippen molar-refractivity contribution in [2.45, 2.75) is 20.3 Å². The molecule has 2 amide bonds. The van der Waals surface area contributed by atoms with Crippen LogP contribution < -0.4 is 5.32 Å². The maximum Gasteiger partial charge on any atom is 0.308 e. The van der Waals surface area contributed by atoms with Gasteiger partial charge in [0.15, 0.2) is 0 Å². The molecule has 0 aliphatic carbocycles. The van der Waals surface area contributed by atoms with Crippen molar-refractivity contribution in [3.63, 3.8) is 0 Å². The number of nitrogens with one attached hydrogen (secondary N) is 1. The van der Waals surface area contributed by atoms with E-state index in [1.807, 2.05) is 6.92 Å². The molecular weight excluding hydrogens is 375 g/mol. The molecule has 6 nitrogen and oxygen atoms in total. The number of anilines is 1. The molecule has 7 heteroatoms. The zero-order valence-corrected chi connectivity index (χ0v) is 16.3. The number of halogens is 1. The number of carbonyl (C=O) groups excluding carboxylic acids is 2. The summed E-state index contributed by atoms with van der Waals surface area (Å²) in [5.41, 5.74) is 1.39. The van der Waals surface area contributed by atoms with Crippen molar-refractivity contribution in [2.24, 2.45) is 11.8 Å². The predicted octanol–water partition coefficient (Wildman–Crippen LogP) is 3.57. The van der Waals surface area contributed by atoms with Gasteiger partial charge in [-0.3, -0.25) is 14.4 Å². The summed E-state index contributed by atoms with van der Waals surface area (Å²) in [4.78, 5) is 38.3. The van der Waals surface area contributed by atoms with Gasteiger partial charge in [0, 0.05) is 24.3 Å². The van der Waals surface area contributed by atoms with Crippen LogP contribution in [0, 0.1) is 24.6 Å². The van der Waals surface area contributed by atoms with E-state index >= 15 is 0 Å². The molecular formula is C22H23FN2O4. The Bertz CT molecular complexity index is 960. The van der Waals surface area contributed by atoms with Gasteiger partial charge in [0.2, 0.25) is 0 Å². The summed E-state index contributed by atoms with van der Waals surface area (Å²) in [6.07, 6.45) is 0.539. The number of benzene rings is 2. The van der Waals surface area contributed by atoms with E-state index in [1.165, 1.54) is 18.2 Å². The van der Waals surface area contributed by atoms with Crippen molar-refractivity contribution in [3.05, 3.63) is 65.0 Å². The maximum absolute atomic E-state index is 13.9. The van der Waals surface area contributed by atoms with Gasteiger partial charge in [-0.05, 0) is 49.1 Å². The number of carboxylic acid groups (broad SMARTS) is 1. The molecule has 1 fully saturated rings. The molecule has 2 N–H and O–H groups in total. The largest absolute Gasteiger partial charge is 0.481 e. The quantitative estimate of drug-likeness (QED) is 0.824. The predicted molar refractivity (Wildman–Crippen MR) is 106 cm³/mol. The van der Waals surface area contributed by atoms with E-state index in [2.05, 4.69) is 5.32 Å². The van der Waals surface area contributed by atoms with Crippen LogP contribution in [0.2, 0.25) is 0 Å². The van der Waals surface area contributed by atoms with Gasteiger partial charge in [-0.25, -0.2) is 4.39 Å². The van der Waals surface area contributed by atoms with E-state index in [4.69, 9.17) is 0 Å². The molecule has 1 aliphatic heterocycles. The van der Waals surface area contributed by atoms with E-state index in [9.17, 15) is 23.9 Å². The highest BCUT2D eigenvalue weighted by atomic mass is 19.1. The second-order valence-corrected chi connectivity index (χ2v) is 7.55. The van der Waals surface area contributed by atoms with Gasteiger partial charge < -0.3 is 15.3 Å². The van der Waals surface area contributed by atoms with Gasteiger partial charge in [-0.1, -0.05) is 25.1 Å². The third-order valence-electron chi connectivity index (χ3n) is 5.15. The number of aryl methyl sites for hydroxylation is 1. The van der Waals surface area contributed by atoms with Crippen LogP contribution in [0.5, 0.6) is 0 Å². The lowest BCUT2D eigenvalue weighted by Crippen LogP contribution is -2.45. The number of nitrogens with zero attached hydrogens (tertiary/aromatic N) is 1. The molecule has 0 radical (unpaired) electrons. The lowest BCUT2D eigenvalue weighted by atomic mass is 9.90. The summed E-state index contributed by atoms with van der Waals surface area (Å²) < 4.78 is 13.9. The van der Waals surface area contributed by atoms with Crippen LogP contribution in [0.3, 0.4) is 0 Å². The Balaban J connectivity index is 1.81. The summed E-state index contributed by atoms with van der Waals surface area (Å²) in [6, 6.07) is 10.6. The number of rotatable bonds is 4. The highest BCUT2D eigenvalue weighted by molar-refractivity contribution is 6.05. The SMILES string of the molecule is Cc1ccc(C(=O)N2CC(C)CC(C(=O)O)C2)cc1NC(=O)c1ccccc1F. The highest BCUT2D eigenvalue weighted by Gasteiger charge is 2.32. The van der Waals surface area contributed by atoms with E-state index in [1.54, 1.807) is 36.1 Å². The number of amides is 2. The fraction of sp³-hybridized carbons (Fsp3) is 0.318. The Morgan fingerprint density at radius 3 is 2.55 bits per heavy atom. The van der Waals surface area contributed by atoms with Crippen LogP contribution in [0.15, 0.2) is 42.5 Å². The lowest BCUT2D eigenvalue weighted by molar-refractivity contribution is -0.143. The minimum Gasteiger partial charge on any atom is -0.481 e. The zero-order chi connectivity index (χ0) is 21.1. The van der Waals surface area contributed by atoms with Crippen LogP contribution in [-0.2, 0) is 4.79 Å². The number of hydrogen-bond donors (Lipinski definition) is 2. The fourth-order valence-corrected chi connectivity index (χ4v) is 3.60. The normalized spacial score (nSPS) is 18.9. The van der Waals surface area contributed by atoms with Crippen LogP contribution >= 0.6 is 0 Å². The molecule has 1 aliphatic rings. The molecule has 1 heterocycles. The Hall–Kier alpha value is -3.22. The van der Waals surface area contributed by atoms with Crippen molar-refractivity contribution in [3.8, 4) is 0 Å². The summed E-state index contributed by atoms with van der Waals surface area (Å²) in [6.45, 7) is 4.33. The summed E-state index contributed by atoms with van der Waals surface area (Å²) >= 11 is 0.